The lowest BCUT2D eigenvalue weighted by Crippen LogP contribution is -2.17. The van der Waals surface area contributed by atoms with Gasteiger partial charge in [-0.05, 0) is 26.0 Å². The van der Waals surface area contributed by atoms with E-state index in [1.807, 2.05) is 19.1 Å². The molecule has 0 radical (unpaired) electrons. The topological polar surface area (TPSA) is 54.3 Å². The van der Waals surface area contributed by atoms with E-state index in [1.165, 1.54) is 0 Å². The van der Waals surface area contributed by atoms with Crippen molar-refractivity contribution < 1.29 is 9.90 Å². The highest BCUT2D eigenvalue weighted by molar-refractivity contribution is 6.31. The summed E-state index contributed by atoms with van der Waals surface area (Å²) >= 11 is 5.93. The number of hydrogen-bond donors (Lipinski definition) is 2. The minimum atomic E-state index is -0.645. The second-order valence-corrected chi connectivity index (χ2v) is 4.98. The molecule has 1 unspecified atom stereocenters. The molecule has 4 nitrogen and oxygen atoms in total. The quantitative estimate of drug-likeness (QED) is 0.906. The zero-order valence-electron chi connectivity index (χ0n) is 11.4. The summed E-state index contributed by atoms with van der Waals surface area (Å²) in [5, 5.41) is 13.1. The Morgan fingerprint density at radius 3 is 2.80 bits per heavy atom. The van der Waals surface area contributed by atoms with Gasteiger partial charge in [-0.25, -0.2) is 0 Å². The minimum Gasteiger partial charge on any atom is -0.389 e. The summed E-state index contributed by atoms with van der Waals surface area (Å²) in [5.41, 5.74) is 1.78. The lowest BCUT2D eigenvalue weighted by Gasteiger charge is -2.13. The molecule has 1 aromatic heterocycles. The number of anilines is 1. The van der Waals surface area contributed by atoms with Crippen LogP contribution >= 0.6 is 11.6 Å². The summed E-state index contributed by atoms with van der Waals surface area (Å²) < 4.78 is 1.78. The highest BCUT2D eigenvalue weighted by Crippen LogP contribution is 2.23. The third kappa shape index (κ3) is 3.03. The SMILES string of the molecule is CCn1cc(Cl)cc1C(=O)Nc1ccccc1C(C)O. The summed E-state index contributed by atoms with van der Waals surface area (Å²) in [4.78, 5) is 12.3. The normalized spacial score (nSPS) is 12.2. The number of aliphatic hydroxyl groups is 1. The summed E-state index contributed by atoms with van der Waals surface area (Å²) in [6.45, 7) is 4.26. The van der Waals surface area contributed by atoms with Gasteiger partial charge in [0.1, 0.15) is 5.69 Å². The second-order valence-electron chi connectivity index (χ2n) is 4.55. The molecule has 1 heterocycles. The van der Waals surface area contributed by atoms with Gasteiger partial charge in [-0.3, -0.25) is 4.79 Å². The lowest BCUT2D eigenvalue weighted by atomic mass is 10.1. The van der Waals surface area contributed by atoms with E-state index in [2.05, 4.69) is 5.32 Å². The van der Waals surface area contributed by atoms with Gasteiger partial charge in [0.2, 0.25) is 0 Å². The predicted octanol–water partition coefficient (Wildman–Crippen LogP) is 3.47. The number of carbonyl (C=O) groups excluding carboxylic acids is 1. The number of aromatic nitrogens is 1. The van der Waals surface area contributed by atoms with Crippen molar-refractivity contribution in [2.24, 2.45) is 0 Å². The molecule has 0 bridgehead atoms. The van der Waals surface area contributed by atoms with E-state index in [0.717, 1.165) is 0 Å². The second kappa shape index (κ2) is 6.11. The molecule has 5 heteroatoms. The van der Waals surface area contributed by atoms with Crippen LogP contribution < -0.4 is 5.32 Å². The van der Waals surface area contributed by atoms with Crippen molar-refractivity contribution in [3.05, 3.63) is 52.8 Å². The molecule has 1 aromatic carbocycles. The number of rotatable bonds is 4. The van der Waals surface area contributed by atoms with E-state index in [4.69, 9.17) is 11.6 Å². The molecule has 0 fully saturated rings. The molecule has 0 aliphatic rings. The Morgan fingerprint density at radius 2 is 2.15 bits per heavy atom. The molecule has 2 N–H and O–H groups in total. The Hall–Kier alpha value is -1.78. The maximum Gasteiger partial charge on any atom is 0.272 e. The van der Waals surface area contributed by atoms with Crippen LogP contribution in [0.25, 0.3) is 0 Å². The molecule has 0 aliphatic carbocycles. The maximum atomic E-state index is 12.3. The van der Waals surface area contributed by atoms with Crippen molar-refractivity contribution in [2.75, 3.05) is 5.32 Å². The van der Waals surface area contributed by atoms with Gasteiger partial charge in [0, 0.05) is 24.0 Å². The Labute approximate surface area is 123 Å². The van der Waals surface area contributed by atoms with Crippen LogP contribution in [0, 0.1) is 0 Å². The predicted molar refractivity (Wildman–Crippen MR) is 80.1 cm³/mol. The van der Waals surface area contributed by atoms with Crippen molar-refractivity contribution in [1.29, 1.82) is 0 Å². The summed E-state index contributed by atoms with van der Waals surface area (Å²) in [5.74, 6) is -0.244. The highest BCUT2D eigenvalue weighted by Gasteiger charge is 2.15. The number of para-hydroxylation sites is 1. The number of aliphatic hydroxyl groups excluding tert-OH is 1. The van der Waals surface area contributed by atoms with Crippen LogP contribution in [0.15, 0.2) is 36.5 Å². The number of hydrogen-bond acceptors (Lipinski definition) is 2. The number of nitrogens with one attached hydrogen (secondary N) is 1. The number of carbonyl (C=O) groups is 1. The van der Waals surface area contributed by atoms with E-state index in [-0.39, 0.29) is 5.91 Å². The molecule has 0 saturated heterocycles. The first-order valence-electron chi connectivity index (χ1n) is 6.47. The molecule has 0 saturated carbocycles. The molecule has 0 spiro atoms. The van der Waals surface area contributed by atoms with E-state index >= 15 is 0 Å². The first-order valence-corrected chi connectivity index (χ1v) is 6.84. The van der Waals surface area contributed by atoms with Crippen molar-refractivity contribution in [3.63, 3.8) is 0 Å². The van der Waals surface area contributed by atoms with Crippen molar-refractivity contribution >= 4 is 23.2 Å². The Kier molecular flexibility index (Phi) is 4.47. The number of nitrogens with zero attached hydrogens (tertiary/aromatic N) is 1. The van der Waals surface area contributed by atoms with E-state index in [0.29, 0.717) is 28.5 Å². The monoisotopic (exact) mass is 292 g/mol. The number of aryl methyl sites for hydroxylation is 1. The van der Waals surface area contributed by atoms with Crippen LogP contribution in [0.1, 0.15) is 36.0 Å². The first-order chi connectivity index (χ1) is 9.52. The average Bonchev–Trinajstić information content (AvgIpc) is 2.80. The third-order valence-corrected chi connectivity index (χ3v) is 3.30. The zero-order valence-corrected chi connectivity index (χ0v) is 12.2. The molecule has 2 aromatic rings. The van der Waals surface area contributed by atoms with Gasteiger partial charge in [0.15, 0.2) is 0 Å². The molecule has 106 valence electrons. The Morgan fingerprint density at radius 1 is 1.45 bits per heavy atom. The standard InChI is InChI=1S/C15H17ClN2O2/c1-3-18-9-11(16)8-14(18)15(20)17-13-7-5-4-6-12(13)10(2)19/h4-10,19H,3H2,1-2H3,(H,17,20). The van der Waals surface area contributed by atoms with E-state index in [1.54, 1.807) is 35.9 Å². The smallest absolute Gasteiger partial charge is 0.272 e. The first kappa shape index (κ1) is 14.6. The average molecular weight is 293 g/mol. The lowest BCUT2D eigenvalue weighted by molar-refractivity contribution is 0.101. The Balaban J connectivity index is 2.28. The summed E-state index contributed by atoms with van der Waals surface area (Å²) in [7, 11) is 0. The van der Waals surface area contributed by atoms with Gasteiger partial charge in [-0.15, -0.1) is 0 Å². The van der Waals surface area contributed by atoms with Crippen molar-refractivity contribution in [2.45, 2.75) is 26.5 Å². The number of amides is 1. The van der Waals surface area contributed by atoms with Gasteiger partial charge >= 0.3 is 0 Å². The third-order valence-electron chi connectivity index (χ3n) is 3.10. The molecule has 20 heavy (non-hydrogen) atoms. The van der Waals surface area contributed by atoms with Crippen LogP contribution in [0.5, 0.6) is 0 Å². The number of benzene rings is 1. The highest BCUT2D eigenvalue weighted by atomic mass is 35.5. The largest absolute Gasteiger partial charge is 0.389 e. The van der Waals surface area contributed by atoms with Crippen LogP contribution in [0.4, 0.5) is 5.69 Å². The Bertz CT molecular complexity index is 620. The molecule has 1 amide bonds. The summed E-state index contributed by atoms with van der Waals surface area (Å²) in [6, 6.07) is 8.81. The van der Waals surface area contributed by atoms with E-state index < -0.39 is 6.10 Å². The molecule has 0 aliphatic heterocycles. The molecular formula is C15H17ClN2O2. The maximum absolute atomic E-state index is 12.3. The molecule has 2 rings (SSSR count). The van der Waals surface area contributed by atoms with Gasteiger partial charge in [-0.1, -0.05) is 29.8 Å². The van der Waals surface area contributed by atoms with Gasteiger partial charge in [0.05, 0.1) is 11.1 Å². The van der Waals surface area contributed by atoms with E-state index in [9.17, 15) is 9.90 Å². The van der Waals surface area contributed by atoms with Gasteiger partial charge in [-0.2, -0.15) is 0 Å². The van der Waals surface area contributed by atoms with Gasteiger partial charge < -0.3 is 15.0 Å². The van der Waals surface area contributed by atoms with Gasteiger partial charge in [0.25, 0.3) is 5.91 Å². The van der Waals surface area contributed by atoms with Crippen LogP contribution in [0.3, 0.4) is 0 Å². The summed E-state index contributed by atoms with van der Waals surface area (Å²) in [6.07, 6.45) is 1.07. The fraction of sp³-hybridized carbons (Fsp3) is 0.267. The van der Waals surface area contributed by atoms with Crippen molar-refractivity contribution in [3.8, 4) is 0 Å². The molecule has 1 atom stereocenters. The zero-order chi connectivity index (χ0) is 14.7. The molecular weight excluding hydrogens is 276 g/mol. The van der Waals surface area contributed by atoms with Crippen LogP contribution in [-0.2, 0) is 6.54 Å². The van der Waals surface area contributed by atoms with Crippen molar-refractivity contribution in [1.82, 2.24) is 4.57 Å². The fourth-order valence-corrected chi connectivity index (χ4v) is 2.31. The van der Waals surface area contributed by atoms with Crippen LogP contribution in [0.2, 0.25) is 5.02 Å². The minimum absolute atomic E-state index is 0.244. The number of halogens is 1. The fourth-order valence-electron chi connectivity index (χ4n) is 2.09. The van der Waals surface area contributed by atoms with Crippen LogP contribution in [-0.4, -0.2) is 15.6 Å².